The topological polar surface area (TPSA) is 95.6 Å². The lowest BCUT2D eigenvalue weighted by Crippen LogP contribution is -2.28. The average Bonchev–Trinajstić information content (AvgIpc) is 3.39. The van der Waals surface area contributed by atoms with Crippen molar-refractivity contribution in [3.8, 4) is 0 Å². The fourth-order valence-corrected chi connectivity index (χ4v) is 4.94. The van der Waals surface area contributed by atoms with Crippen LogP contribution >= 0.6 is 0 Å². The maximum Gasteiger partial charge on any atom is 0.261 e. The molecule has 3 aromatic rings. The average molecular weight is 496 g/mol. The van der Waals surface area contributed by atoms with E-state index < -0.39 is 21.7 Å². The molecule has 1 heterocycles. The number of likely N-dealkylation sites (tertiary alicyclic amines) is 1. The second-order valence-corrected chi connectivity index (χ2v) is 10.2. The fraction of sp³-hybridized carbons (Fsp3) is 0.231. The zero-order chi connectivity index (χ0) is 25.0. The quantitative estimate of drug-likeness (QED) is 0.516. The van der Waals surface area contributed by atoms with Crippen LogP contribution in [0.1, 0.15) is 44.7 Å². The molecule has 35 heavy (non-hydrogen) atoms. The van der Waals surface area contributed by atoms with Gasteiger partial charge >= 0.3 is 0 Å². The van der Waals surface area contributed by atoms with E-state index in [0.717, 1.165) is 37.6 Å². The van der Waals surface area contributed by atoms with Crippen LogP contribution in [-0.4, -0.2) is 38.2 Å². The number of aryl methyl sites for hydroxylation is 1. The molecule has 1 aliphatic heterocycles. The van der Waals surface area contributed by atoms with Gasteiger partial charge in [-0.25, -0.2) is 12.8 Å². The summed E-state index contributed by atoms with van der Waals surface area (Å²) in [7, 11) is -4.03. The summed E-state index contributed by atoms with van der Waals surface area (Å²) in [5, 5.41) is 2.80. The second-order valence-electron chi connectivity index (χ2n) is 8.48. The number of sulfonamides is 1. The molecule has 2 N–H and O–H groups in total. The largest absolute Gasteiger partial charge is 0.348 e. The second kappa shape index (κ2) is 10.3. The molecule has 0 unspecified atom stereocenters. The lowest BCUT2D eigenvalue weighted by atomic mass is 10.1. The maximum atomic E-state index is 13.8. The zero-order valence-electron chi connectivity index (χ0n) is 19.3. The molecule has 4 rings (SSSR count). The number of nitrogens with one attached hydrogen (secondary N) is 2. The summed E-state index contributed by atoms with van der Waals surface area (Å²) in [5.41, 5.74) is 2.14. The first-order valence-corrected chi connectivity index (χ1v) is 12.8. The van der Waals surface area contributed by atoms with Crippen molar-refractivity contribution in [1.82, 2.24) is 10.2 Å². The van der Waals surface area contributed by atoms with Gasteiger partial charge in [-0.1, -0.05) is 24.3 Å². The lowest BCUT2D eigenvalue weighted by molar-refractivity contribution is 0.0792. The van der Waals surface area contributed by atoms with Crippen molar-refractivity contribution in [3.63, 3.8) is 0 Å². The molecule has 0 radical (unpaired) electrons. The van der Waals surface area contributed by atoms with Crippen LogP contribution in [0.5, 0.6) is 0 Å². The summed E-state index contributed by atoms with van der Waals surface area (Å²) in [4.78, 5) is 26.9. The Morgan fingerprint density at radius 2 is 1.66 bits per heavy atom. The molecule has 1 saturated heterocycles. The van der Waals surface area contributed by atoms with Crippen molar-refractivity contribution in [2.75, 3.05) is 17.8 Å². The number of hydrogen-bond donors (Lipinski definition) is 2. The number of rotatable bonds is 7. The van der Waals surface area contributed by atoms with Gasteiger partial charge in [-0.2, -0.15) is 0 Å². The minimum atomic E-state index is -4.03. The highest BCUT2D eigenvalue weighted by Crippen LogP contribution is 2.20. The van der Waals surface area contributed by atoms with E-state index in [2.05, 4.69) is 10.0 Å². The van der Waals surface area contributed by atoms with Gasteiger partial charge in [0, 0.05) is 36.4 Å². The SMILES string of the molecule is Cc1ccc(S(=O)(=O)Nc2cccc(C(=O)NCc3cccc(C(=O)N4CCCC4)c3)c2)cc1F. The molecule has 2 amide bonds. The van der Waals surface area contributed by atoms with Crippen LogP contribution < -0.4 is 10.0 Å². The lowest BCUT2D eigenvalue weighted by Gasteiger charge is -2.15. The number of anilines is 1. The number of carbonyl (C=O) groups is 2. The zero-order valence-corrected chi connectivity index (χ0v) is 20.1. The van der Waals surface area contributed by atoms with Crippen LogP contribution in [-0.2, 0) is 16.6 Å². The standard InChI is InChI=1S/C26H26FN3O4S/c1-18-10-11-23(16-24(18)27)35(33,34)29-22-9-5-7-20(15-22)25(31)28-17-19-6-4-8-21(14-19)26(32)30-12-2-3-13-30/h4-11,14-16,29H,2-3,12-13,17H2,1H3,(H,28,31). The number of benzene rings is 3. The fourth-order valence-electron chi connectivity index (χ4n) is 3.88. The summed E-state index contributed by atoms with van der Waals surface area (Å²) in [6.45, 7) is 3.28. The number of carbonyl (C=O) groups excluding carboxylic acids is 2. The third kappa shape index (κ3) is 5.86. The highest BCUT2D eigenvalue weighted by molar-refractivity contribution is 7.92. The van der Waals surface area contributed by atoms with Gasteiger partial charge in [0.2, 0.25) is 0 Å². The first kappa shape index (κ1) is 24.4. The van der Waals surface area contributed by atoms with Gasteiger partial charge in [0.15, 0.2) is 0 Å². The highest BCUT2D eigenvalue weighted by atomic mass is 32.2. The molecule has 182 valence electrons. The highest BCUT2D eigenvalue weighted by Gasteiger charge is 2.20. The monoisotopic (exact) mass is 495 g/mol. The molecule has 3 aromatic carbocycles. The molecule has 9 heteroatoms. The molecule has 1 fully saturated rings. The van der Waals surface area contributed by atoms with Crippen LogP contribution in [0.15, 0.2) is 71.6 Å². The van der Waals surface area contributed by atoms with E-state index in [1.54, 1.807) is 37.3 Å². The Bertz CT molecular complexity index is 1370. The third-order valence-electron chi connectivity index (χ3n) is 5.85. The van der Waals surface area contributed by atoms with E-state index in [9.17, 15) is 22.4 Å². The van der Waals surface area contributed by atoms with Crippen LogP contribution in [0.25, 0.3) is 0 Å². The van der Waals surface area contributed by atoms with Gasteiger partial charge in [-0.15, -0.1) is 0 Å². The first-order valence-electron chi connectivity index (χ1n) is 11.3. The normalized spacial score (nSPS) is 13.5. The molecular formula is C26H26FN3O4S. The summed E-state index contributed by atoms with van der Waals surface area (Å²) in [6, 6.07) is 16.8. The number of amides is 2. The molecule has 0 atom stereocenters. The maximum absolute atomic E-state index is 13.8. The van der Waals surface area contributed by atoms with Crippen molar-refractivity contribution >= 4 is 27.5 Å². The smallest absolute Gasteiger partial charge is 0.261 e. The molecule has 0 bridgehead atoms. The van der Waals surface area contributed by atoms with Gasteiger partial charge in [0.1, 0.15) is 5.82 Å². The Hall–Kier alpha value is -3.72. The molecule has 1 aliphatic rings. The van der Waals surface area contributed by atoms with Crippen molar-refractivity contribution < 1.29 is 22.4 Å². The predicted octanol–water partition coefficient (Wildman–Crippen LogP) is 4.10. The van der Waals surface area contributed by atoms with Crippen molar-refractivity contribution in [2.45, 2.75) is 31.2 Å². The molecule has 0 aliphatic carbocycles. The van der Waals surface area contributed by atoms with E-state index in [0.29, 0.717) is 11.1 Å². The Kier molecular flexibility index (Phi) is 7.16. The summed E-state index contributed by atoms with van der Waals surface area (Å²) < 4.78 is 41.5. The molecule has 7 nitrogen and oxygen atoms in total. The number of hydrogen-bond acceptors (Lipinski definition) is 4. The van der Waals surface area contributed by atoms with Crippen LogP contribution in [0.3, 0.4) is 0 Å². The van der Waals surface area contributed by atoms with Crippen molar-refractivity contribution in [3.05, 3.63) is 94.8 Å². The Labute approximate surface area is 204 Å². The van der Waals surface area contributed by atoms with E-state index in [1.807, 2.05) is 11.0 Å². The van der Waals surface area contributed by atoms with E-state index in [-0.39, 0.29) is 28.6 Å². The molecular weight excluding hydrogens is 469 g/mol. The number of halogens is 1. The molecule has 0 saturated carbocycles. The predicted molar refractivity (Wildman–Crippen MR) is 131 cm³/mol. The van der Waals surface area contributed by atoms with Crippen molar-refractivity contribution in [2.24, 2.45) is 0 Å². The minimum absolute atomic E-state index is 0.0101. The van der Waals surface area contributed by atoms with Gasteiger partial charge in [0.25, 0.3) is 21.8 Å². The summed E-state index contributed by atoms with van der Waals surface area (Å²) in [6.07, 6.45) is 2.03. The Balaban J connectivity index is 1.41. The van der Waals surface area contributed by atoms with Gasteiger partial charge < -0.3 is 10.2 Å². The summed E-state index contributed by atoms with van der Waals surface area (Å²) in [5.74, 6) is -1.03. The van der Waals surface area contributed by atoms with E-state index >= 15 is 0 Å². The van der Waals surface area contributed by atoms with Gasteiger partial charge in [-0.3, -0.25) is 14.3 Å². The van der Waals surface area contributed by atoms with E-state index in [1.165, 1.54) is 24.3 Å². The Morgan fingerprint density at radius 3 is 2.40 bits per heavy atom. The molecule has 0 aromatic heterocycles. The van der Waals surface area contributed by atoms with Crippen LogP contribution in [0, 0.1) is 12.7 Å². The third-order valence-corrected chi connectivity index (χ3v) is 7.23. The first-order chi connectivity index (χ1) is 16.7. The van der Waals surface area contributed by atoms with Crippen LogP contribution in [0.4, 0.5) is 10.1 Å². The minimum Gasteiger partial charge on any atom is -0.348 e. The van der Waals surface area contributed by atoms with E-state index in [4.69, 9.17) is 0 Å². The van der Waals surface area contributed by atoms with Crippen molar-refractivity contribution in [1.29, 1.82) is 0 Å². The Morgan fingerprint density at radius 1 is 0.943 bits per heavy atom. The van der Waals surface area contributed by atoms with Crippen LogP contribution in [0.2, 0.25) is 0 Å². The molecule has 0 spiro atoms. The summed E-state index contributed by atoms with van der Waals surface area (Å²) >= 11 is 0. The van der Waals surface area contributed by atoms with Gasteiger partial charge in [0.05, 0.1) is 4.90 Å². The van der Waals surface area contributed by atoms with Gasteiger partial charge in [-0.05, 0) is 73.4 Å². The number of nitrogens with zero attached hydrogens (tertiary/aromatic N) is 1.